The second kappa shape index (κ2) is 12.4. The molecule has 1 aliphatic rings. The number of ether oxygens (including phenoxy) is 3. The normalized spacial score (nSPS) is 18.9. The molecule has 25 heavy (non-hydrogen) atoms. The fourth-order valence-electron chi connectivity index (χ4n) is 2.09. The van der Waals surface area contributed by atoms with Crippen molar-refractivity contribution in [3.05, 3.63) is 22.1 Å². The molecular formula is C14H27N5O6. The molecule has 0 aromatic heterocycles. The average Bonchev–Trinajstić information content (AvgIpc) is 2.56. The second-order valence-corrected chi connectivity index (χ2v) is 5.35. The average molecular weight is 361 g/mol. The van der Waals surface area contributed by atoms with Crippen molar-refractivity contribution >= 4 is 6.34 Å². The van der Waals surface area contributed by atoms with Gasteiger partial charge in [-0.05, 0) is 25.7 Å². The summed E-state index contributed by atoms with van der Waals surface area (Å²) in [5, 5.41) is 25.3. The number of hydrogen-bond donors (Lipinski definition) is 4. The highest BCUT2D eigenvalue weighted by molar-refractivity contribution is 5.54. The molecule has 0 aromatic carbocycles. The number of nitrogens with zero attached hydrogens (tertiary/aromatic N) is 2. The van der Waals surface area contributed by atoms with E-state index in [9.17, 15) is 15.2 Å². The zero-order valence-electron chi connectivity index (χ0n) is 14.3. The summed E-state index contributed by atoms with van der Waals surface area (Å²) < 4.78 is 15.9. The fraction of sp³-hybridized carbons (Fsp3) is 0.786. The zero-order valence-corrected chi connectivity index (χ0v) is 14.3. The first-order valence-corrected chi connectivity index (χ1v) is 8.12. The minimum atomic E-state index is -0.989. The molecule has 0 saturated carbocycles. The second-order valence-electron chi connectivity index (χ2n) is 5.35. The first-order chi connectivity index (χ1) is 12.0. The molecule has 1 heterocycles. The van der Waals surface area contributed by atoms with Gasteiger partial charge in [-0.25, -0.2) is 0 Å². The number of aliphatic imine (C=N–C) groups is 1. The van der Waals surface area contributed by atoms with Crippen molar-refractivity contribution in [3.8, 4) is 0 Å². The van der Waals surface area contributed by atoms with Crippen LogP contribution in [0.2, 0.25) is 0 Å². The lowest BCUT2D eigenvalue weighted by Crippen LogP contribution is -2.46. The van der Waals surface area contributed by atoms with Crippen molar-refractivity contribution in [2.24, 2.45) is 16.6 Å². The fourth-order valence-corrected chi connectivity index (χ4v) is 2.09. The largest absolute Gasteiger partial charge is 0.381 e. The topological polar surface area (TPSA) is 153 Å². The van der Waals surface area contributed by atoms with Crippen LogP contribution in [0.1, 0.15) is 19.8 Å². The Balaban J connectivity index is 2.48. The molecule has 2 atom stereocenters. The number of nitrogens with two attached hydrogens (primary N) is 1. The minimum Gasteiger partial charge on any atom is -0.381 e. The van der Waals surface area contributed by atoms with Gasteiger partial charge in [0.05, 0.1) is 24.4 Å². The summed E-state index contributed by atoms with van der Waals surface area (Å²) in [6, 6.07) is 0. The lowest BCUT2D eigenvalue weighted by molar-refractivity contribution is -0.404. The molecule has 0 radical (unpaired) electrons. The maximum Gasteiger partial charge on any atom is 0.273 e. The van der Waals surface area contributed by atoms with Gasteiger partial charge >= 0.3 is 0 Å². The van der Waals surface area contributed by atoms with E-state index in [4.69, 9.17) is 19.9 Å². The van der Waals surface area contributed by atoms with Gasteiger partial charge in [0.25, 0.3) is 6.20 Å². The highest BCUT2D eigenvalue weighted by atomic mass is 16.6. The number of nitrogens with one attached hydrogen (secondary N) is 2. The van der Waals surface area contributed by atoms with E-state index in [1.54, 1.807) is 6.92 Å². The van der Waals surface area contributed by atoms with E-state index >= 15 is 0 Å². The van der Waals surface area contributed by atoms with Crippen molar-refractivity contribution < 1.29 is 24.2 Å². The van der Waals surface area contributed by atoms with E-state index in [-0.39, 0.29) is 12.4 Å². The van der Waals surface area contributed by atoms with Crippen LogP contribution < -0.4 is 16.4 Å². The van der Waals surface area contributed by atoms with Crippen LogP contribution >= 0.6 is 0 Å². The summed E-state index contributed by atoms with van der Waals surface area (Å²) in [7, 11) is 0. The van der Waals surface area contributed by atoms with Gasteiger partial charge in [0.15, 0.2) is 12.1 Å². The molecule has 0 aliphatic carbocycles. The van der Waals surface area contributed by atoms with Gasteiger partial charge in [-0.2, -0.15) is 0 Å². The summed E-state index contributed by atoms with van der Waals surface area (Å²) in [5.74, 6) is 0.189. The lowest BCUT2D eigenvalue weighted by atomic mass is 10.0. The molecule has 11 nitrogen and oxygen atoms in total. The molecule has 1 saturated heterocycles. The molecule has 5 N–H and O–H groups in total. The molecule has 0 amide bonds. The van der Waals surface area contributed by atoms with Gasteiger partial charge in [0.1, 0.15) is 0 Å². The van der Waals surface area contributed by atoms with Gasteiger partial charge in [-0.3, -0.25) is 15.1 Å². The first kappa shape index (κ1) is 21.1. The minimum absolute atomic E-state index is 0.0493. The maximum atomic E-state index is 10.5. The van der Waals surface area contributed by atoms with Crippen molar-refractivity contribution in [2.45, 2.75) is 32.4 Å². The Labute approximate surface area is 146 Å². The highest BCUT2D eigenvalue weighted by Gasteiger charge is 2.17. The summed E-state index contributed by atoms with van der Waals surface area (Å²) >= 11 is 0. The monoisotopic (exact) mass is 361 g/mol. The Kier molecular flexibility index (Phi) is 10.5. The molecular weight excluding hydrogens is 334 g/mol. The van der Waals surface area contributed by atoms with Gasteiger partial charge in [0.2, 0.25) is 6.35 Å². The van der Waals surface area contributed by atoms with Crippen LogP contribution in [0.4, 0.5) is 0 Å². The van der Waals surface area contributed by atoms with E-state index in [1.165, 1.54) is 6.34 Å². The molecule has 2 unspecified atom stereocenters. The smallest absolute Gasteiger partial charge is 0.273 e. The van der Waals surface area contributed by atoms with E-state index in [0.29, 0.717) is 38.5 Å². The Morgan fingerprint density at radius 2 is 2.24 bits per heavy atom. The first-order valence-electron chi connectivity index (χ1n) is 8.12. The molecule has 1 rings (SSSR count). The Hall–Kier alpha value is -1.95. The summed E-state index contributed by atoms with van der Waals surface area (Å²) in [6.45, 7) is 4.02. The van der Waals surface area contributed by atoms with Crippen LogP contribution in [0.25, 0.3) is 0 Å². The third-order valence-electron chi connectivity index (χ3n) is 3.32. The molecule has 1 fully saturated rings. The Bertz CT molecular complexity index is 441. The number of aliphatic hydroxyl groups excluding tert-OH is 1. The third-order valence-corrected chi connectivity index (χ3v) is 3.32. The Morgan fingerprint density at radius 3 is 2.88 bits per heavy atom. The predicted molar refractivity (Wildman–Crippen MR) is 89.8 cm³/mol. The van der Waals surface area contributed by atoms with Crippen molar-refractivity contribution in [3.63, 3.8) is 0 Å². The Morgan fingerprint density at radius 1 is 1.52 bits per heavy atom. The predicted octanol–water partition coefficient (Wildman–Crippen LogP) is -0.690. The standard InChI is InChI=1S/C14H27N5O6/c1-2-24-13(20)7-16-10-17-14(18-12(15)8-19(21)22)25-9-11-3-5-23-6-4-11/h8,10-11,13-14,18,20H,2-7,9,15H2,1H3,(H,16,17)/b12-8-. The zero-order chi connectivity index (χ0) is 18.5. The molecule has 1 aliphatic heterocycles. The van der Waals surface area contributed by atoms with E-state index in [1.807, 2.05) is 0 Å². The van der Waals surface area contributed by atoms with Gasteiger partial charge in [-0.1, -0.05) is 0 Å². The number of aliphatic hydroxyl groups is 1. The van der Waals surface area contributed by atoms with Crippen LogP contribution in [0.15, 0.2) is 17.0 Å². The lowest BCUT2D eigenvalue weighted by Gasteiger charge is -2.25. The van der Waals surface area contributed by atoms with Crippen molar-refractivity contribution in [2.75, 3.05) is 33.0 Å². The number of rotatable bonds is 12. The SMILES string of the molecule is CCOC(O)CN=CNC(N/C(N)=C\[N+](=O)[O-])OCC1CCOCC1. The summed E-state index contributed by atoms with van der Waals surface area (Å²) in [6.07, 6.45) is 1.96. The van der Waals surface area contributed by atoms with Crippen LogP contribution in [0.5, 0.6) is 0 Å². The molecule has 0 aromatic rings. The third kappa shape index (κ3) is 10.5. The van der Waals surface area contributed by atoms with Gasteiger partial charge in [-0.15, -0.1) is 0 Å². The van der Waals surface area contributed by atoms with Gasteiger partial charge in [0, 0.05) is 19.8 Å². The van der Waals surface area contributed by atoms with Crippen LogP contribution in [-0.4, -0.2) is 62.0 Å². The highest BCUT2D eigenvalue weighted by Crippen LogP contribution is 2.14. The molecule has 0 bridgehead atoms. The van der Waals surface area contributed by atoms with Crippen LogP contribution in [0, 0.1) is 16.0 Å². The van der Waals surface area contributed by atoms with E-state index < -0.39 is 17.6 Å². The van der Waals surface area contributed by atoms with Crippen LogP contribution in [0.3, 0.4) is 0 Å². The van der Waals surface area contributed by atoms with Crippen molar-refractivity contribution in [1.29, 1.82) is 0 Å². The van der Waals surface area contributed by atoms with E-state index in [2.05, 4.69) is 15.6 Å². The number of nitro groups is 1. The van der Waals surface area contributed by atoms with Crippen molar-refractivity contribution in [1.82, 2.24) is 10.6 Å². The molecule has 11 heteroatoms. The molecule has 0 spiro atoms. The maximum absolute atomic E-state index is 10.5. The molecule has 144 valence electrons. The summed E-state index contributed by atoms with van der Waals surface area (Å²) in [5.41, 5.74) is 5.54. The quantitative estimate of drug-likeness (QED) is 0.116. The van der Waals surface area contributed by atoms with E-state index in [0.717, 1.165) is 12.8 Å². The number of hydrogen-bond acceptors (Lipinski definition) is 9. The van der Waals surface area contributed by atoms with Crippen LogP contribution in [-0.2, 0) is 14.2 Å². The summed E-state index contributed by atoms with van der Waals surface area (Å²) in [4.78, 5) is 13.7. The van der Waals surface area contributed by atoms with Gasteiger partial charge < -0.3 is 35.7 Å².